The first-order valence-electron chi connectivity index (χ1n) is 14.7. The van der Waals surface area contributed by atoms with Crippen LogP contribution in [0.2, 0.25) is 0 Å². The largest absolute Gasteiger partial charge is 0.451 e. The van der Waals surface area contributed by atoms with E-state index in [1.165, 1.54) is 16.8 Å². The molecule has 1 N–H and O–H groups in total. The molecule has 5 rings (SSSR count). The molecule has 0 radical (unpaired) electrons. The molecule has 2 aromatic rings. The number of nitrogens with zero attached hydrogens (tertiary/aromatic N) is 3. The van der Waals surface area contributed by atoms with Crippen molar-refractivity contribution in [2.45, 2.75) is 84.0 Å². The molecule has 4 heterocycles. The van der Waals surface area contributed by atoms with Crippen molar-refractivity contribution in [3.63, 3.8) is 0 Å². The van der Waals surface area contributed by atoms with Crippen LogP contribution in [-0.4, -0.2) is 57.9 Å². The molecule has 11 nitrogen and oxygen atoms in total. The van der Waals surface area contributed by atoms with Crippen LogP contribution in [0, 0.1) is 17.6 Å². The Hall–Kier alpha value is -4.29. The van der Waals surface area contributed by atoms with E-state index in [0.717, 1.165) is 11.8 Å². The Labute approximate surface area is 253 Å². The Balaban J connectivity index is 1.54. The van der Waals surface area contributed by atoms with E-state index in [2.05, 4.69) is 10.5 Å². The second kappa shape index (κ2) is 12.4. The number of halogens is 2. The minimum Gasteiger partial charge on any atom is -0.451 e. The molecule has 1 spiro atoms. The Morgan fingerprint density at radius 2 is 2.02 bits per heavy atom. The van der Waals surface area contributed by atoms with Crippen LogP contribution in [0.3, 0.4) is 0 Å². The summed E-state index contributed by atoms with van der Waals surface area (Å²) in [6.07, 6.45) is 3.69. The Morgan fingerprint density at radius 1 is 1.25 bits per heavy atom. The number of carbonyl (C=O) groups excluding carboxylic acids is 3. The number of rotatable bonds is 9. The maximum Gasteiger partial charge on any atom is 0.308 e. The molecule has 1 aromatic carbocycles. The van der Waals surface area contributed by atoms with Crippen molar-refractivity contribution in [2.24, 2.45) is 11.1 Å². The number of oxime groups is 1. The Morgan fingerprint density at radius 3 is 2.70 bits per heavy atom. The number of hydrogen-bond donors (Lipinski definition) is 1. The van der Waals surface area contributed by atoms with E-state index in [9.17, 15) is 28.0 Å². The zero-order valence-corrected chi connectivity index (χ0v) is 25.2. The van der Waals surface area contributed by atoms with Crippen LogP contribution in [0.25, 0.3) is 0 Å². The summed E-state index contributed by atoms with van der Waals surface area (Å²) in [5, 5.41) is 6.70. The number of nitrogens with one attached hydrogen (secondary N) is 1. The third kappa shape index (κ3) is 6.04. The van der Waals surface area contributed by atoms with E-state index in [-0.39, 0.29) is 48.3 Å². The lowest BCUT2D eigenvalue weighted by molar-refractivity contribution is -0.150. The van der Waals surface area contributed by atoms with Gasteiger partial charge in [0.05, 0.1) is 11.8 Å². The number of amides is 2. The molecule has 1 saturated heterocycles. The van der Waals surface area contributed by atoms with Crippen molar-refractivity contribution in [3.05, 3.63) is 63.1 Å². The first-order chi connectivity index (χ1) is 20.9. The van der Waals surface area contributed by atoms with Gasteiger partial charge in [-0.3, -0.25) is 19.2 Å². The summed E-state index contributed by atoms with van der Waals surface area (Å²) < 4.78 is 40.1. The van der Waals surface area contributed by atoms with Gasteiger partial charge in [0, 0.05) is 49.8 Å². The second-order valence-corrected chi connectivity index (χ2v) is 12.1. The standard InChI is InChI=1S/C31H36F2N4O7/c1-17(2)5-8-25(38)42-16-43-28-26-30(41)36-15-24(31(10-9-19(36)4)12-18(3)35-44-31)37(26)14-22(27(28)39)29(40)34-13-20-6-7-21(32)11-23(20)33/h6-7,11,14,17,19,24H,5,8-10,12-13,15-16H2,1-4H3,(H,34,40)/t19-,24+,31-/m0/s1. The molecule has 236 valence electrons. The molecule has 44 heavy (non-hydrogen) atoms. The van der Waals surface area contributed by atoms with Crippen LogP contribution in [0.4, 0.5) is 8.78 Å². The van der Waals surface area contributed by atoms with Gasteiger partial charge in [0.1, 0.15) is 17.2 Å². The predicted octanol–water partition coefficient (Wildman–Crippen LogP) is 4.09. The number of aromatic nitrogens is 1. The molecule has 3 aliphatic heterocycles. The van der Waals surface area contributed by atoms with Crippen molar-refractivity contribution in [2.75, 3.05) is 13.3 Å². The summed E-state index contributed by atoms with van der Waals surface area (Å²) in [4.78, 5) is 61.1. The summed E-state index contributed by atoms with van der Waals surface area (Å²) >= 11 is 0. The monoisotopic (exact) mass is 614 g/mol. The van der Waals surface area contributed by atoms with E-state index >= 15 is 0 Å². The van der Waals surface area contributed by atoms with Gasteiger partial charge in [-0.25, -0.2) is 8.78 Å². The van der Waals surface area contributed by atoms with E-state index in [4.69, 9.17) is 14.3 Å². The number of benzene rings is 1. The SMILES string of the molecule is CC1=NO[C@@]2(CC[C@H](C)N3C[C@H]2n2cc(C(=O)NCc4ccc(F)cc4F)c(=O)c(OCOC(=O)CCC(C)C)c2C3=O)C1. The summed E-state index contributed by atoms with van der Waals surface area (Å²) in [5.41, 5.74) is -1.43. The predicted molar refractivity (Wildman–Crippen MR) is 154 cm³/mol. The van der Waals surface area contributed by atoms with Gasteiger partial charge >= 0.3 is 5.97 Å². The average molecular weight is 615 g/mol. The highest BCUT2D eigenvalue weighted by molar-refractivity contribution is 5.99. The number of carbonyl (C=O) groups is 3. The molecule has 13 heteroatoms. The molecule has 0 saturated carbocycles. The van der Waals surface area contributed by atoms with Crippen LogP contribution in [0.1, 0.15) is 92.3 Å². The topological polar surface area (TPSA) is 129 Å². The molecule has 3 aliphatic rings. The van der Waals surface area contributed by atoms with Crippen LogP contribution in [0.5, 0.6) is 5.75 Å². The summed E-state index contributed by atoms with van der Waals surface area (Å²) in [5.74, 6) is -3.67. The lowest BCUT2D eigenvalue weighted by atomic mass is 9.84. The van der Waals surface area contributed by atoms with Crippen molar-refractivity contribution in [3.8, 4) is 5.75 Å². The highest BCUT2D eigenvalue weighted by Crippen LogP contribution is 2.46. The molecule has 3 atom stereocenters. The minimum absolute atomic E-state index is 0.0112. The van der Waals surface area contributed by atoms with Gasteiger partial charge < -0.3 is 29.1 Å². The first-order valence-corrected chi connectivity index (χ1v) is 14.7. The van der Waals surface area contributed by atoms with E-state index in [0.29, 0.717) is 31.7 Å². The lowest BCUT2D eigenvalue weighted by Gasteiger charge is -2.42. The molecule has 0 aliphatic carbocycles. The minimum atomic E-state index is -0.902. The fourth-order valence-electron chi connectivity index (χ4n) is 5.97. The highest BCUT2D eigenvalue weighted by atomic mass is 19.1. The summed E-state index contributed by atoms with van der Waals surface area (Å²) in [6.45, 7) is 6.95. The first kappa shape index (κ1) is 31.1. The zero-order valence-electron chi connectivity index (χ0n) is 25.2. The fraction of sp³-hybridized carbons (Fsp3) is 0.516. The molecule has 1 fully saturated rings. The van der Waals surface area contributed by atoms with Gasteiger partial charge in [0.25, 0.3) is 11.8 Å². The normalized spacial score (nSPS) is 22.3. The highest BCUT2D eigenvalue weighted by Gasteiger charge is 2.54. The van der Waals surface area contributed by atoms with E-state index in [1.54, 1.807) is 4.90 Å². The van der Waals surface area contributed by atoms with Crippen LogP contribution in [0.15, 0.2) is 34.3 Å². The molecular weight excluding hydrogens is 578 g/mol. The number of fused-ring (bicyclic) bond motifs is 5. The molecule has 0 unspecified atom stereocenters. The van der Waals surface area contributed by atoms with Crippen LogP contribution < -0.4 is 15.5 Å². The van der Waals surface area contributed by atoms with Gasteiger partial charge in [0.15, 0.2) is 11.3 Å². The molecular formula is C31H36F2N4O7. The molecule has 2 bridgehead atoms. The summed E-state index contributed by atoms with van der Waals surface area (Å²) in [7, 11) is 0. The fourth-order valence-corrected chi connectivity index (χ4v) is 5.97. The van der Waals surface area contributed by atoms with Crippen molar-refractivity contribution < 1.29 is 37.5 Å². The van der Waals surface area contributed by atoms with Crippen LogP contribution in [-0.2, 0) is 20.9 Å². The number of esters is 1. The zero-order chi connectivity index (χ0) is 31.8. The molecule has 1 aromatic heterocycles. The van der Waals surface area contributed by atoms with Gasteiger partial charge in [-0.1, -0.05) is 25.1 Å². The second-order valence-electron chi connectivity index (χ2n) is 12.1. The third-order valence-electron chi connectivity index (χ3n) is 8.47. The number of hydrogen-bond acceptors (Lipinski definition) is 8. The van der Waals surface area contributed by atoms with Gasteiger partial charge in [0.2, 0.25) is 18.0 Å². The van der Waals surface area contributed by atoms with Gasteiger partial charge in [-0.2, -0.15) is 0 Å². The lowest BCUT2D eigenvalue weighted by Crippen LogP contribution is -2.52. The van der Waals surface area contributed by atoms with Crippen molar-refractivity contribution in [1.29, 1.82) is 0 Å². The number of pyridine rings is 1. The summed E-state index contributed by atoms with van der Waals surface area (Å²) in [6, 6.07) is 2.21. The Bertz CT molecular complexity index is 1570. The van der Waals surface area contributed by atoms with Crippen molar-refractivity contribution in [1.82, 2.24) is 14.8 Å². The smallest absolute Gasteiger partial charge is 0.308 e. The quantitative estimate of drug-likeness (QED) is 0.333. The van der Waals surface area contributed by atoms with E-state index < -0.39 is 59.0 Å². The van der Waals surface area contributed by atoms with E-state index in [1.807, 2.05) is 27.7 Å². The number of ether oxygens (including phenoxy) is 2. The van der Waals surface area contributed by atoms with Gasteiger partial charge in [-0.15, -0.1) is 0 Å². The van der Waals surface area contributed by atoms with Crippen LogP contribution >= 0.6 is 0 Å². The van der Waals surface area contributed by atoms with Gasteiger partial charge in [-0.05, 0) is 45.1 Å². The van der Waals surface area contributed by atoms with Crippen molar-refractivity contribution >= 4 is 23.5 Å². The maximum atomic E-state index is 14.2. The third-order valence-corrected chi connectivity index (χ3v) is 8.47. The maximum absolute atomic E-state index is 14.2. The Kier molecular flexibility index (Phi) is 8.76. The average Bonchev–Trinajstić information content (AvgIpc) is 3.30. The molecule has 2 amide bonds.